The van der Waals surface area contributed by atoms with E-state index in [2.05, 4.69) is 21.2 Å². The molecule has 126 valence electrons. The van der Waals surface area contributed by atoms with Crippen molar-refractivity contribution in [3.8, 4) is 0 Å². The fourth-order valence-corrected chi connectivity index (χ4v) is 2.44. The number of amides is 2. The SMILES string of the molecule is CC(C(=O)Nc1ccc(C(N)=O)cc1)N(C)Cc1ccc(Br)cc1. The highest BCUT2D eigenvalue weighted by Crippen LogP contribution is 2.14. The number of halogens is 1. The standard InChI is InChI=1S/C18H20BrN3O2/c1-12(22(2)11-13-3-7-15(19)8-4-13)18(24)21-16-9-5-14(6-10-16)17(20)23/h3-10,12H,11H2,1-2H3,(H2,20,23)(H,21,24). The molecular weight excluding hydrogens is 370 g/mol. The molecule has 0 aliphatic heterocycles. The van der Waals surface area contributed by atoms with E-state index in [1.54, 1.807) is 24.3 Å². The number of carbonyl (C=O) groups excluding carboxylic acids is 2. The van der Waals surface area contributed by atoms with Gasteiger partial charge in [0, 0.05) is 22.3 Å². The zero-order chi connectivity index (χ0) is 17.7. The molecule has 0 aliphatic rings. The van der Waals surface area contributed by atoms with Gasteiger partial charge in [0.25, 0.3) is 0 Å². The van der Waals surface area contributed by atoms with E-state index in [4.69, 9.17) is 5.73 Å². The van der Waals surface area contributed by atoms with Gasteiger partial charge in [0.05, 0.1) is 6.04 Å². The molecule has 0 spiro atoms. The minimum absolute atomic E-state index is 0.110. The average Bonchev–Trinajstić information content (AvgIpc) is 2.56. The quantitative estimate of drug-likeness (QED) is 0.796. The number of rotatable bonds is 6. The second-order valence-electron chi connectivity index (χ2n) is 5.65. The van der Waals surface area contributed by atoms with Crippen LogP contribution in [0.3, 0.4) is 0 Å². The van der Waals surface area contributed by atoms with E-state index in [-0.39, 0.29) is 11.9 Å². The van der Waals surface area contributed by atoms with Gasteiger partial charge in [-0.25, -0.2) is 0 Å². The largest absolute Gasteiger partial charge is 0.366 e. The number of carbonyl (C=O) groups is 2. The summed E-state index contributed by atoms with van der Waals surface area (Å²) in [5.41, 5.74) is 7.37. The molecule has 6 heteroatoms. The predicted molar refractivity (Wildman–Crippen MR) is 98.7 cm³/mol. The Morgan fingerprint density at radius 3 is 2.25 bits per heavy atom. The topological polar surface area (TPSA) is 75.4 Å². The maximum Gasteiger partial charge on any atom is 0.248 e. The first-order valence-electron chi connectivity index (χ1n) is 7.52. The third kappa shape index (κ3) is 4.91. The van der Waals surface area contributed by atoms with Crippen LogP contribution in [0.1, 0.15) is 22.8 Å². The van der Waals surface area contributed by atoms with Crippen LogP contribution in [0.4, 0.5) is 5.69 Å². The summed E-state index contributed by atoms with van der Waals surface area (Å²) in [6, 6.07) is 14.2. The lowest BCUT2D eigenvalue weighted by Crippen LogP contribution is -2.39. The van der Waals surface area contributed by atoms with E-state index >= 15 is 0 Å². The van der Waals surface area contributed by atoms with Crippen molar-refractivity contribution in [2.45, 2.75) is 19.5 Å². The maximum atomic E-state index is 12.4. The molecule has 2 amide bonds. The number of anilines is 1. The Labute approximate surface area is 150 Å². The molecule has 0 saturated heterocycles. The normalized spacial score (nSPS) is 12.0. The van der Waals surface area contributed by atoms with E-state index < -0.39 is 5.91 Å². The van der Waals surface area contributed by atoms with Crippen LogP contribution in [0.5, 0.6) is 0 Å². The van der Waals surface area contributed by atoms with Crippen LogP contribution in [-0.2, 0) is 11.3 Å². The molecule has 0 aliphatic carbocycles. The van der Waals surface area contributed by atoms with Gasteiger partial charge in [-0.15, -0.1) is 0 Å². The molecule has 24 heavy (non-hydrogen) atoms. The molecule has 2 aromatic carbocycles. The average molecular weight is 390 g/mol. The zero-order valence-electron chi connectivity index (χ0n) is 13.6. The summed E-state index contributed by atoms with van der Waals surface area (Å²) < 4.78 is 1.03. The van der Waals surface area contributed by atoms with Crippen LogP contribution in [-0.4, -0.2) is 29.8 Å². The molecule has 3 N–H and O–H groups in total. The molecule has 2 aromatic rings. The van der Waals surface area contributed by atoms with E-state index in [1.165, 1.54) is 0 Å². The highest BCUT2D eigenvalue weighted by molar-refractivity contribution is 9.10. The molecular formula is C18H20BrN3O2. The molecule has 0 aromatic heterocycles. The Kier molecular flexibility index (Phi) is 6.11. The van der Waals surface area contributed by atoms with Crippen LogP contribution in [0.15, 0.2) is 53.0 Å². The summed E-state index contributed by atoms with van der Waals surface area (Å²) in [4.78, 5) is 25.4. The lowest BCUT2D eigenvalue weighted by molar-refractivity contribution is -0.120. The van der Waals surface area contributed by atoms with E-state index in [9.17, 15) is 9.59 Å². The first-order chi connectivity index (χ1) is 11.4. The summed E-state index contributed by atoms with van der Waals surface area (Å²) in [5, 5.41) is 2.84. The predicted octanol–water partition coefficient (Wildman–Crippen LogP) is 3.01. The minimum atomic E-state index is -0.490. The maximum absolute atomic E-state index is 12.4. The Bertz CT molecular complexity index is 714. The first kappa shape index (κ1) is 18.2. The van der Waals surface area contributed by atoms with Crippen molar-refractivity contribution in [1.82, 2.24) is 4.90 Å². The highest BCUT2D eigenvalue weighted by atomic mass is 79.9. The Hall–Kier alpha value is -2.18. The second-order valence-corrected chi connectivity index (χ2v) is 6.56. The number of primary amides is 1. The number of nitrogens with two attached hydrogens (primary N) is 1. The van der Waals surface area contributed by atoms with Gasteiger partial charge < -0.3 is 11.1 Å². The van der Waals surface area contributed by atoms with Gasteiger partial charge >= 0.3 is 0 Å². The van der Waals surface area contributed by atoms with Crippen molar-refractivity contribution in [3.05, 3.63) is 64.1 Å². The molecule has 0 saturated carbocycles. The van der Waals surface area contributed by atoms with Crippen LogP contribution in [0.2, 0.25) is 0 Å². The van der Waals surface area contributed by atoms with Gasteiger partial charge in [-0.3, -0.25) is 14.5 Å². The first-order valence-corrected chi connectivity index (χ1v) is 8.31. The Morgan fingerprint density at radius 2 is 1.71 bits per heavy atom. The van der Waals surface area contributed by atoms with Gasteiger partial charge in [-0.05, 0) is 55.9 Å². The lowest BCUT2D eigenvalue weighted by Gasteiger charge is -2.24. The molecule has 5 nitrogen and oxygen atoms in total. The summed E-state index contributed by atoms with van der Waals surface area (Å²) in [6.07, 6.45) is 0. The third-order valence-corrected chi connectivity index (χ3v) is 4.35. The number of nitrogens with zero attached hydrogens (tertiary/aromatic N) is 1. The summed E-state index contributed by atoms with van der Waals surface area (Å²) >= 11 is 3.41. The fourth-order valence-electron chi connectivity index (χ4n) is 2.18. The van der Waals surface area contributed by atoms with Crippen LogP contribution in [0, 0.1) is 0 Å². The number of benzene rings is 2. The monoisotopic (exact) mass is 389 g/mol. The molecule has 2 rings (SSSR count). The van der Waals surface area contributed by atoms with Gasteiger partial charge in [-0.1, -0.05) is 28.1 Å². The van der Waals surface area contributed by atoms with E-state index in [0.717, 1.165) is 10.0 Å². The van der Waals surface area contributed by atoms with Crippen molar-refractivity contribution < 1.29 is 9.59 Å². The Balaban J connectivity index is 1.95. The van der Waals surface area contributed by atoms with Crippen molar-refractivity contribution >= 4 is 33.4 Å². The van der Waals surface area contributed by atoms with Gasteiger partial charge in [0.15, 0.2) is 0 Å². The van der Waals surface area contributed by atoms with Gasteiger partial charge in [0.1, 0.15) is 0 Å². The van der Waals surface area contributed by atoms with Gasteiger partial charge in [-0.2, -0.15) is 0 Å². The molecule has 1 unspecified atom stereocenters. The molecule has 0 bridgehead atoms. The number of likely N-dealkylation sites (N-methyl/N-ethyl adjacent to an activating group) is 1. The molecule has 1 atom stereocenters. The Morgan fingerprint density at radius 1 is 1.12 bits per heavy atom. The lowest BCUT2D eigenvalue weighted by atomic mass is 10.1. The van der Waals surface area contributed by atoms with Crippen LogP contribution in [0.25, 0.3) is 0 Å². The third-order valence-electron chi connectivity index (χ3n) is 3.82. The number of hydrogen-bond acceptors (Lipinski definition) is 3. The molecule has 0 fully saturated rings. The number of nitrogens with one attached hydrogen (secondary N) is 1. The van der Waals surface area contributed by atoms with Crippen molar-refractivity contribution in [2.75, 3.05) is 12.4 Å². The van der Waals surface area contributed by atoms with Gasteiger partial charge in [0.2, 0.25) is 11.8 Å². The van der Waals surface area contributed by atoms with Crippen molar-refractivity contribution in [2.24, 2.45) is 5.73 Å². The fraction of sp³-hybridized carbons (Fsp3) is 0.222. The zero-order valence-corrected chi connectivity index (χ0v) is 15.2. The summed E-state index contributed by atoms with van der Waals surface area (Å²) in [5.74, 6) is -0.600. The van der Waals surface area contributed by atoms with E-state index in [1.807, 2.05) is 43.1 Å². The summed E-state index contributed by atoms with van der Waals surface area (Å²) in [6.45, 7) is 2.52. The molecule has 0 heterocycles. The van der Waals surface area contributed by atoms with Crippen LogP contribution >= 0.6 is 15.9 Å². The second kappa shape index (κ2) is 8.08. The highest BCUT2D eigenvalue weighted by Gasteiger charge is 2.18. The van der Waals surface area contributed by atoms with Crippen LogP contribution < -0.4 is 11.1 Å². The minimum Gasteiger partial charge on any atom is -0.366 e. The van der Waals surface area contributed by atoms with Crippen molar-refractivity contribution in [1.29, 1.82) is 0 Å². The van der Waals surface area contributed by atoms with Crippen molar-refractivity contribution in [3.63, 3.8) is 0 Å². The molecule has 0 radical (unpaired) electrons. The smallest absolute Gasteiger partial charge is 0.248 e. The number of hydrogen-bond donors (Lipinski definition) is 2. The summed E-state index contributed by atoms with van der Waals surface area (Å²) in [7, 11) is 1.91. The van der Waals surface area contributed by atoms with E-state index in [0.29, 0.717) is 17.8 Å².